The lowest BCUT2D eigenvalue weighted by Gasteiger charge is -2.12. The Kier molecular flexibility index (Phi) is 3.49. The molecule has 0 spiro atoms. The van der Waals surface area contributed by atoms with Crippen molar-refractivity contribution in [3.05, 3.63) is 23.5 Å². The molecule has 15 heavy (non-hydrogen) atoms. The summed E-state index contributed by atoms with van der Waals surface area (Å²) in [6.45, 7) is 0. The maximum absolute atomic E-state index is 13.4. The average molecular weight is 213 g/mol. The SMILES string of the molecule is CNC(=O)c1c(F)ccc(OC)c1OC. The van der Waals surface area contributed by atoms with Crippen molar-refractivity contribution in [3.8, 4) is 11.5 Å². The topological polar surface area (TPSA) is 47.6 Å². The molecule has 0 saturated carbocycles. The molecule has 0 saturated heterocycles. The molecule has 5 heteroatoms. The van der Waals surface area contributed by atoms with Crippen LogP contribution in [0.4, 0.5) is 4.39 Å². The highest BCUT2D eigenvalue weighted by Gasteiger charge is 2.20. The van der Waals surface area contributed by atoms with E-state index in [0.717, 1.165) is 6.07 Å². The van der Waals surface area contributed by atoms with E-state index in [2.05, 4.69) is 5.32 Å². The van der Waals surface area contributed by atoms with Crippen LogP contribution in [0.15, 0.2) is 12.1 Å². The van der Waals surface area contributed by atoms with Crippen LogP contribution in [-0.4, -0.2) is 27.2 Å². The largest absolute Gasteiger partial charge is 0.493 e. The van der Waals surface area contributed by atoms with Crippen LogP contribution in [-0.2, 0) is 0 Å². The highest BCUT2D eigenvalue weighted by atomic mass is 19.1. The number of amides is 1. The fourth-order valence-electron chi connectivity index (χ4n) is 1.24. The first-order chi connectivity index (χ1) is 7.15. The van der Waals surface area contributed by atoms with E-state index in [4.69, 9.17) is 9.47 Å². The summed E-state index contributed by atoms with van der Waals surface area (Å²) in [6.07, 6.45) is 0. The number of hydrogen-bond acceptors (Lipinski definition) is 3. The number of nitrogens with one attached hydrogen (secondary N) is 1. The predicted octanol–water partition coefficient (Wildman–Crippen LogP) is 1.20. The summed E-state index contributed by atoms with van der Waals surface area (Å²) in [6, 6.07) is 2.56. The van der Waals surface area contributed by atoms with E-state index in [1.165, 1.54) is 27.3 Å². The second-order valence-electron chi connectivity index (χ2n) is 2.74. The molecule has 0 atom stereocenters. The lowest BCUT2D eigenvalue weighted by Crippen LogP contribution is -2.20. The van der Waals surface area contributed by atoms with Crippen molar-refractivity contribution in [2.75, 3.05) is 21.3 Å². The van der Waals surface area contributed by atoms with Gasteiger partial charge >= 0.3 is 0 Å². The quantitative estimate of drug-likeness (QED) is 0.820. The molecule has 0 aliphatic rings. The van der Waals surface area contributed by atoms with Crippen molar-refractivity contribution in [3.63, 3.8) is 0 Å². The molecule has 1 rings (SSSR count). The molecule has 1 aromatic rings. The summed E-state index contributed by atoms with van der Waals surface area (Å²) < 4.78 is 23.3. The molecule has 1 N–H and O–H groups in total. The molecule has 0 radical (unpaired) electrons. The van der Waals surface area contributed by atoms with E-state index in [1.54, 1.807) is 0 Å². The minimum Gasteiger partial charge on any atom is -0.493 e. The van der Waals surface area contributed by atoms with Crippen molar-refractivity contribution < 1.29 is 18.7 Å². The van der Waals surface area contributed by atoms with E-state index in [1.807, 2.05) is 0 Å². The zero-order valence-corrected chi connectivity index (χ0v) is 8.76. The average Bonchev–Trinajstić information content (AvgIpc) is 2.27. The smallest absolute Gasteiger partial charge is 0.257 e. The maximum Gasteiger partial charge on any atom is 0.257 e. The lowest BCUT2D eigenvalue weighted by molar-refractivity contribution is 0.0955. The van der Waals surface area contributed by atoms with Gasteiger partial charge < -0.3 is 14.8 Å². The van der Waals surface area contributed by atoms with Gasteiger partial charge in [-0.05, 0) is 12.1 Å². The second kappa shape index (κ2) is 4.63. The molecule has 0 aliphatic carbocycles. The first-order valence-corrected chi connectivity index (χ1v) is 4.28. The van der Waals surface area contributed by atoms with Crippen LogP contribution in [0.25, 0.3) is 0 Å². The monoisotopic (exact) mass is 213 g/mol. The Balaban J connectivity index is 3.38. The van der Waals surface area contributed by atoms with Crippen LogP contribution in [0.3, 0.4) is 0 Å². The Morgan fingerprint density at radius 1 is 1.33 bits per heavy atom. The van der Waals surface area contributed by atoms with Gasteiger partial charge in [-0.3, -0.25) is 4.79 Å². The Bertz CT molecular complexity index is 379. The maximum atomic E-state index is 13.4. The van der Waals surface area contributed by atoms with Gasteiger partial charge in [-0.2, -0.15) is 0 Å². The van der Waals surface area contributed by atoms with Crippen LogP contribution in [0.1, 0.15) is 10.4 Å². The molecule has 0 unspecified atom stereocenters. The highest BCUT2D eigenvalue weighted by molar-refractivity contribution is 5.97. The summed E-state index contributed by atoms with van der Waals surface area (Å²) in [5.74, 6) is -0.787. The number of carbonyl (C=O) groups excluding carboxylic acids is 1. The molecule has 82 valence electrons. The minimum atomic E-state index is -0.646. The van der Waals surface area contributed by atoms with E-state index >= 15 is 0 Å². The molecule has 4 nitrogen and oxygen atoms in total. The van der Waals surface area contributed by atoms with Crippen molar-refractivity contribution in [1.82, 2.24) is 5.32 Å². The third kappa shape index (κ3) is 2.01. The summed E-state index contributed by atoms with van der Waals surface area (Å²) in [7, 11) is 4.19. The van der Waals surface area contributed by atoms with Crippen molar-refractivity contribution >= 4 is 5.91 Å². The highest BCUT2D eigenvalue weighted by Crippen LogP contribution is 2.32. The van der Waals surface area contributed by atoms with E-state index in [-0.39, 0.29) is 11.3 Å². The molecule has 1 aromatic carbocycles. The summed E-state index contributed by atoms with van der Waals surface area (Å²) in [5, 5.41) is 2.33. The number of ether oxygens (including phenoxy) is 2. The Morgan fingerprint density at radius 3 is 2.47 bits per heavy atom. The zero-order chi connectivity index (χ0) is 11.4. The van der Waals surface area contributed by atoms with Crippen molar-refractivity contribution in [1.29, 1.82) is 0 Å². The van der Waals surface area contributed by atoms with Gasteiger partial charge in [0.15, 0.2) is 11.5 Å². The summed E-state index contributed by atoms with van der Waals surface area (Å²) >= 11 is 0. The van der Waals surface area contributed by atoms with Gasteiger partial charge in [0, 0.05) is 7.05 Å². The normalized spacial score (nSPS) is 9.60. The molecule has 0 bridgehead atoms. The lowest BCUT2D eigenvalue weighted by atomic mass is 10.1. The van der Waals surface area contributed by atoms with Crippen LogP contribution in [0, 0.1) is 5.82 Å². The summed E-state index contributed by atoms with van der Waals surface area (Å²) in [4.78, 5) is 11.4. The number of halogens is 1. The van der Waals surface area contributed by atoms with Gasteiger partial charge in [0.25, 0.3) is 5.91 Å². The first kappa shape index (κ1) is 11.3. The van der Waals surface area contributed by atoms with Crippen LogP contribution >= 0.6 is 0 Å². The minimum absolute atomic E-state index is 0.0943. The number of carbonyl (C=O) groups is 1. The van der Waals surface area contributed by atoms with Gasteiger partial charge in [0.2, 0.25) is 0 Å². The molecule has 0 fully saturated rings. The van der Waals surface area contributed by atoms with Gasteiger partial charge in [0.1, 0.15) is 11.4 Å². The van der Waals surface area contributed by atoms with E-state index in [9.17, 15) is 9.18 Å². The summed E-state index contributed by atoms with van der Waals surface area (Å²) in [5.41, 5.74) is -0.153. The van der Waals surface area contributed by atoms with E-state index in [0.29, 0.717) is 5.75 Å². The van der Waals surface area contributed by atoms with Crippen LogP contribution in [0.2, 0.25) is 0 Å². The standard InChI is InChI=1S/C10H12FNO3/c1-12-10(13)8-6(11)4-5-7(14-2)9(8)15-3/h4-5H,1-3H3,(H,12,13). The molecule has 0 heterocycles. The van der Waals surface area contributed by atoms with Crippen molar-refractivity contribution in [2.45, 2.75) is 0 Å². The fourth-order valence-corrected chi connectivity index (χ4v) is 1.24. The van der Waals surface area contributed by atoms with Gasteiger partial charge in [0.05, 0.1) is 14.2 Å². The number of benzene rings is 1. The second-order valence-corrected chi connectivity index (χ2v) is 2.74. The number of hydrogen-bond donors (Lipinski definition) is 1. The van der Waals surface area contributed by atoms with Crippen molar-refractivity contribution in [2.24, 2.45) is 0 Å². The molecular formula is C10H12FNO3. The Morgan fingerprint density at radius 2 is 2.00 bits per heavy atom. The van der Waals surface area contributed by atoms with Crippen LogP contribution < -0.4 is 14.8 Å². The third-order valence-corrected chi connectivity index (χ3v) is 1.95. The molecule has 0 aliphatic heterocycles. The zero-order valence-electron chi connectivity index (χ0n) is 8.76. The van der Waals surface area contributed by atoms with E-state index < -0.39 is 11.7 Å². The van der Waals surface area contributed by atoms with Crippen LogP contribution in [0.5, 0.6) is 11.5 Å². The van der Waals surface area contributed by atoms with Gasteiger partial charge in [-0.1, -0.05) is 0 Å². The number of rotatable bonds is 3. The third-order valence-electron chi connectivity index (χ3n) is 1.95. The van der Waals surface area contributed by atoms with Gasteiger partial charge in [-0.25, -0.2) is 4.39 Å². The van der Waals surface area contributed by atoms with Gasteiger partial charge in [-0.15, -0.1) is 0 Å². The fraction of sp³-hybridized carbons (Fsp3) is 0.300. The Hall–Kier alpha value is -1.78. The predicted molar refractivity (Wildman–Crippen MR) is 52.9 cm³/mol. The molecule has 1 amide bonds. The first-order valence-electron chi connectivity index (χ1n) is 4.28. The Labute approximate surface area is 87.0 Å². The number of methoxy groups -OCH3 is 2. The molecule has 0 aromatic heterocycles. The molecular weight excluding hydrogens is 201 g/mol.